The third-order valence-corrected chi connectivity index (χ3v) is 2.80. The summed E-state index contributed by atoms with van der Waals surface area (Å²) in [4.78, 5) is 10.5. The molecule has 1 unspecified atom stereocenters. The van der Waals surface area contributed by atoms with Crippen LogP contribution in [0.4, 0.5) is 5.82 Å². The molecular formula is C12H13N3O2. The summed E-state index contributed by atoms with van der Waals surface area (Å²) in [5, 5.41) is 0. The van der Waals surface area contributed by atoms with Gasteiger partial charge in [0.05, 0.1) is 25.6 Å². The molecule has 88 valence electrons. The van der Waals surface area contributed by atoms with Crippen LogP contribution in [0.15, 0.2) is 41.4 Å². The van der Waals surface area contributed by atoms with Gasteiger partial charge in [-0.25, -0.2) is 4.98 Å². The highest BCUT2D eigenvalue weighted by Gasteiger charge is 2.24. The maximum absolute atomic E-state index is 5.69. The van der Waals surface area contributed by atoms with Crippen LogP contribution in [0.25, 0.3) is 0 Å². The van der Waals surface area contributed by atoms with E-state index >= 15 is 0 Å². The van der Waals surface area contributed by atoms with Crippen molar-refractivity contribution in [1.29, 1.82) is 0 Å². The summed E-state index contributed by atoms with van der Waals surface area (Å²) in [7, 11) is 0. The predicted molar refractivity (Wildman–Crippen MR) is 61.6 cm³/mol. The van der Waals surface area contributed by atoms with Gasteiger partial charge in [0.2, 0.25) is 0 Å². The molecule has 0 spiro atoms. The van der Waals surface area contributed by atoms with Gasteiger partial charge in [-0.1, -0.05) is 0 Å². The Balaban J connectivity index is 1.76. The Morgan fingerprint density at radius 1 is 1.35 bits per heavy atom. The molecule has 1 aliphatic rings. The van der Waals surface area contributed by atoms with Crippen LogP contribution in [-0.4, -0.2) is 29.7 Å². The number of hydrogen-bond acceptors (Lipinski definition) is 5. The van der Waals surface area contributed by atoms with Crippen molar-refractivity contribution in [2.75, 3.05) is 24.6 Å². The van der Waals surface area contributed by atoms with Crippen LogP contribution in [0.1, 0.15) is 11.9 Å². The highest BCUT2D eigenvalue weighted by atomic mass is 16.5. The zero-order valence-electron chi connectivity index (χ0n) is 9.32. The highest BCUT2D eigenvalue weighted by Crippen LogP contribution is 2.24. The number of rotatable bonds is 2. The van der Waals surface area contributed by atoms with Crippen molar-refractivity contribution in [2.45, 2.75) is 6.10 Å². The number of ether oxygens (including phenoxy) is 1. The Morgan fingerprint density at radius 2 is 2.35 bits per heavy atom. The fourth-order valence-corrected chi connectivity index (χ4v) is 1.96. The Hall–Kier alpha value is -1.88. The van der Waals surface area contributed by atoms with Crippen LogP contribution < -0.4 is 4.90 Å². The van der Waals surface area contributed by atoms with Crippen LogP contribution >= 0.6 is 0 Å². The maximum Gasteiger partial charge on any atom is 0.147 e. The lowest BCUT2D eigenvalue weighted by molar-refractivity contribution is 0.0255. The van der Waals surface area contributed by atoms with Crippen molar-refractivity contribution in [3.63, 3.8) is 0 Å². The molecule has 2 aromatic rings. The van der Waals surface area contributed by atoms with Crippen LogP contribution in [0.2, 0.25) is 0 Å². The van der Waals surface area contributed by atoms with Gasteiger partial charge in [-0.2, -0.15) is 0 Å². The van der Waals surface area contributed by atoms with Crippen molar-refractivity contribution in [1.82, 2.24) is 9.97 Å². The van der Waals surface area contributed by atoms with E-state index < -0.39 is 0 Å². The third kappa shape index (κ3) is 2.14. The molecule has 0 amide bonds. The standard InChI is InChI=1S/C12H13N3O2/c1-2-10(16-6-1)11-9-15(5-7-17-11)12-8-13-3-4-14-12/h1-4,6,8,11H,5,7,9H2. The van der Waals surface area contributed by atoms with E-state index in [0.717, 1.165) is 24.7 Å². The molecule has 17 heavy (non-hydrogen) atoms. The lowest BCUT2D eigenvalue weighted by atomic mass is 10.2. The molecule has 0 bridgehead atoms. The summed E-state index contributed by atoms with van der Waals surface area (Å²) >= 11 is 0. The Labute approximate surface area is 99.0 Å². The molecule has 0 aliphatic carbocycles. The molecule has 1 aliphatic heterocycles. The van der Waals surface area contributed by atoms with Gasteiger partial charge in [-0.3, -0.25) is 4.98 Å². The molecule has 5 nitrogen and oxygen atoms in total. The summed E-state index contributed by atoms with van der Waals surface area (Å²) in [6, 6.07) is 3.81. The molecule has 0 aromatic carbocycles. The monoisotopic (exact) mass is 231 g/mol. The second-order valence-corrected chi connectivity index (χ2v) is 3.88. The maximum atomic E-state index is 5.69. The lowest BCUT2D eigenvalue weighted by Gasteiger charge is -2.32. The number of furan rings is 1. The van der Waals surface area contributed by atoms with E-state index in [4.69, 9.17) is 9.15 Å². The molecule has 1 saturated heterocycles. The van der Waals surface area contributed by atoms with Crippen LogP contribution in [0.5, 0.6) is 0 Å². The first-order chi connectivity index (χ1) is 8.43. The molecule has 3 heterocycles. The fourth-order valence-electron chi connectivity index (χ4n) is 1.96. The molecule has 1 fully saturated rings. The summed E-state index contributed by atoms with van der Waals surface area (Å²) < 4.78 is 11.1. The van der Waals surface area contributed by atoms with E-state index in [2.05, 4.69) is 14.9 Å². The zero-order chi connectivity index (χ0) is 11.5. The molecule has 5 heteroatoms. The number of anilines is 1. The number of morpholine rings is 1. The van der Waals surface area contributed by atoms with Gasteiger partial charge in [0.15, 0.2) is 0 Å². The van der Waals surface area contributed by atoms with Gasteiger partial charge in [-0.15, -0.1) is 0 Å². The SMILES string of the molecule is c1coc(C2CN(c3cnccn3)CCO2)c1. The van der Waals surface area contributed by atoms with E-state index in [0.29, 0.717) is 6.61 Å². The average molecular weight is 231 g/mol. The van der Waals surface area contributed by atoms with Crippen molar-refractivity contribution < 1.29 is 9.15 Å². The topological polar surface area (TPSA) is 51.4 Å². The molecule has 0 N–H and O–H groups in total. The fraction of sp³-hybridized carbons (Fsp3) is 0.333. The van der Waals surface area contributed by atoms with E-state index in [9.17, 15) is 0 Å². The first kappa shape index (κ1) is 10.3. The van der Waals surface area contributed by atoms with Gasteiger partial charge >= 0.3 is 0 Å². The van der Waals surface area contributed by atoms with E-state index in [1.54, 1.807) is 24.9 Å². The third-order valence-electron chi connectivity index (χ3n) is 2.80. The van der Waals surface area contributed by atoms with Gasteiger partial charge in [0.25, 0.3) is 0 Å². The van der Waals surface area contributed by atoms with Gasteiger partial charge in [0, 0.05) is 18.9 Å². The Morgan fingerprint density at radius 3 is 3.12 bits per heavy atom. The highest BCUT2D eigenvalue weighted by molar-refractivity contribution is 5.36. The molecule has 1 atom stereocenters. The minimum atomic E-state index is -0.0271. The largest absolute Gasteiger partial charge is 0.467 e. The molecule has 3 rings (SSSR count). The van der Waals surface area contributed by atoms with E-state index in [-0.39, 0.29) is 6.10 Å². The van der Waals surface area contributed by atoms with Gasteiger partial charge in [0.1, 0.15) is 17.7 Å². The number of aromatic nitrogens is 2. The van der Waals surface area contributed by atoms with Crippen LogP contribution in [-0.2, 0) is 4.74 Å². The number of nitrogens with zero attached hydrogens (tertiary/aromatic N) is 3. The predicted octanol–water partition coefficient (Wildman–Crippen LogP) is 1.65. The second-order valence-electron chi connectivity index (χ2n) is 3.88. The molecule has 2 aromatic heterocycles. The second kappa shape index (κ2) is 4.55. The van der Waals surface area contributed by atoms with Crippen molar-refractivity contribution >= 4 is 5.82 Å². The van der Waals surface area contributed by atoms with E-state index in [1.165, 1.54) is 0 Å². The summed E-state index contributed by atoms with van der Waals surface area (Å²) in [5.74, 6) is 1.74. The molecular weight excluding hydrogens is 218 g/mol. The Bertz CT molecular complexity index is 458. The smallest absolute Gasteiger partial charge is 0.147 e. The van der Waals surface area contributed by atoms with Crippen LogP contribution in [0.3, 0.4) is 0 Å². The quantitative estimate of drug-likeness (QED) is 0.786. The lowest BCUT2D eigenvalue weighted by Crippen LogP contribution is -2.38. The van der Waals surface area contributed by atoms with Crippen LogP contribution in [0, 0.1) is 0 Å². The normalized spacial score (nSPS) is 20.5. The summed E-state index contributed by atoms with van der Waals surface area (Å²) in [5.41, 5.74) is 0. The van der Waals surface area contributed by atoms with Gasteiger partial charge < -0.3 is 14.1 Å². The minimum absolute atomic E-state index is 0.0271. The molecule has 0 radical (unpaired) electrons. The van der Waals surface area contributed by atoms with Gasteiger partial charge in [-0.05, 0) is 12.1 Å². The van der Waals surface area contributed by atoms with Crippen molar-refractivity contribution in [2.24, 2.45) is 0 Å². The summed E-state index contributed by atoms with van der Waals surface area (Å²) in [6.07, 6.45) is 6.78. The van der Waals surface area contributed by atoms with E-state index in [1.807, 2.05) is 12.1 Å². The zero-order valence-corrected chi connectivity index (χ0v) is 9.32. The summed E-state index contributed by atoms with van der Waals surface area (Å²) in [6.45, 7) is 2.24. The number of hydrogen-bond donors (Lipinski definition) is 0. The Kier molecular flexibility index (Phi) is 2.75. The van der Waals surface area contributed by atoms with Crippen molar-refractivity contribution in [3.8, 4) is 0 Å². The minimum Gasteiger partial charge on any atom is -0.467 e. The average Bonchev–Trinajstić information content (AvgIpc) is 2.94. The first-order valence-electron chi connectivity index (χ1n) is 5.59. The first-order valence-corrected chi connectivity index (χ1v) is 5.59. The van der Waals surface area contributed by atoms with Crippen molar-refractivity contribution in [3.05, 3.63) is 42.7 Å². The molecule has 0 saturated carbocycles.